The van der Waals surface area contributed by atoms with Gasteiger partial charge in [0.25, 0.3) is 0 Å². The number of rotatable bonds is 5. The summed E-state index contributed by atoms with van der Waals surface area (Å²) in [5.41, 5.74) is 1.63. The van der Waals surface area contributed by atoms with E-state index in [1.807, 2.05) is 31.2 Å². The lowest BCUT2D eigenvalue weighted by Crippen LogP contribution is -2.28. The maximum Gasteiger partial charge on any atom is 0.319 e. The highest BCUT2D eigenvalue weighted by atomic mass is 35.5. The number of nitrogens with one attached hydrogen (secondary N) is 2. The topological polar surface area (TPSA) is 50.4 Å². The lowest BCUT2D eigenvalue weighted by molar-refractivity contribution is 0.251. The van der Waals surface area contributed by atoms with Crippen molar-refractivity contribution in [3.05, 3.63) is 59.1 Å². The van der Waals surface area contributed by atoms with Crippen LogP contribution in [-0.2, 0) is 6.54 Å². The fourth-order valence-corrected chi connectivity index (χ4v) is 2.03. The number of hydrogen-bond acceptors (Lipinski definition) is 2. The van der Waals surface area contributed by atoms with E-state index in [2.05, 4.69) is 10.6 Å². The van der Waals surface area contributed by atoms with E-state index >= 15 is 0 Å². The first-order valence-electron chi connectivity index (χ1n) is 6.69. The van der Waals surface area contributed by atoms with Gasteiger partial charge in [-0.15, -0.1) is 0 Å². The number of anilines is 1. The summed E-state index contributed by atoms with van der Waals surface area (Å²) in [6.45, 7) is 2.98. The molecule has 2 aromatic rings. The quantitative estimate of drug-likeness (QED) is 0.875. The summed E-state index contributed by atoms with van der Waals surface area (Å²) in [4.78, 5) is 11.8. The van der Waals surface area contributed by atoms with Crippen molar-refractivity contribution in [2.75, 3.05) is 11.9 Å². The van der Waals surface area contributed by atoms with E-state index in [0.717, 1.165) is 11.3 Å². The molecule has 4 nitrogen and oxygen atoms in total. The van der Waals surface area contributed by atoms with E-state index < -0.39 is 0 Å². The Bertz CT molecular complexity index is 617. The molecule has 0 atom stereocenters. The zero-order valence-corrected chi connectivity index (χ0v) is 12.5. The summed E-state index contributed by atoms with van der Waals surface area (Å²) < 4.78 is 5.42. The van der Waals surface area contributed by atoms with Gasteiger partial charge in [0.05, 0.1) is 6.61 Å². The molecule has 2 amide bonds. The molecule has 0 saturated carbocycles. The molecule has 0 fully saturated rings. The van der Waals surface area contributed by atoms with Crippen LogP contribution in [0, 0.1) is 0 Å². The van der Waals surface area contributed by atoms with Gasteiger partial charge in [0.1, 0.15) is 5.75 Å². The number of halogens is 1. The van der Waals surface area contributed by atoms with Crippen LogP contribution in [0.2, 0.25) is 5.02 Å². The predicted molar refractivity (Wildman–Crippen MR) is 84.9 cm³/mol. The molecule has 2 aromatic carbocycles. The Labute approximate surface area is 129 Å². The molecule has 0 aliphatic heterocycles. The molecule has 0 saturated heterocycles. The zero-order chi connectivity index (χ0) is 15.1. The maximum atomic E-state index is 11.8. The molecule has 110 valence electrons. The Hall–Kier alpha value is -2.20. The first-order chi connectivity index (χ1) is 10.2. The molecule has 0 aliphatic carbocycles. The summed E-state index contributed by atoms with van der Waals surface area (Å²) in [7, 11) is 0. The van der Waals surface area contributed by atoms with E-state index in [0.29, 0.717) is 23.9 Å². The molecule has 2 rings (SSSR count). The number of benzene rings is 2. The van der Waals surface area contributed by atoms with Gasteiger partial charge in [-0.25, -0.2) is 4.79 Å². The third kappa shape index (κ3) is 5.00. The van der Waals surface area contributed by atoms with Crippen LogP contribution in [0.25, 0.3) is 0 Å². The lowest BCUT2D eigenvalue weighted by Gasteiger charge is -2.09. The third-order valence-corrected chi connectivity index (χ3v) is 2.98. The van der Waals surface area contributed by atoms with Crippen LogP contribution in [0.4, 0.5) is 10.5 Å². The van der Waals surface area contributed by atoms with Crippen molar-refractivity contribution in [1.82, 2.24) is 5.32 Å². The first-order valence-corrected chi connectivity index (χ1v) is 7.07. The van der Waals surface area contributed by atoms with Crippen molar-refractivity contribution >= 4 is 23.3 Å². The van der Waals surface area contributed by atoms with E-state index in [4.69, 9.17) is 16.3 Å². The fraction of sp³-hybridized carbons (Fsp3) is 0.188. The summed E-state index contributed by atoms with van der Waals surface area (Å²) in [6, 6.07) is 14.4. The molecular weight excluding hydrogens is 288 g/mol. The highest BCUT2D eigenvalue weighted by Crippen LogP contribution is 2.15. The van der Waals surface area contributed by atoms with Crippen LogP contribution in [0.5, 0.6) is 5.75 Å². The predicted octanol–water partition coefficient (Wildman–Crippen LogP) is 4.06. The molecule has 0 aliphatic rings. The molecular formula is C16H17ClN2O2. The van der Waals surface area contributed by atoms with Crippen LogP contribution in [0.15, 0.2) is 48.5 Å². The minimum atomic E-state index is -0.279. The molecule has 0 unspecified atom stereocenters. The zero-order valence-electron chi connectivity index (χ0n) is 11.7. The number of amides is 2. The highest BCUT2D eigenvalue weighted by molar-refractivity contribution is 6.30. The summed E-state index contributed by atoms with van der Waals surface area (Å²) >= 11 is 5.86. The minimum Gasteiger partial charge on any atom is -0.494 e. The van der Waals surface area contributed by atoms with E-state index in [-0.39, 0.29) is 6.03 Å². The SMILES string of the molecule is CCOc1cccc(CNC(=O)Nc2cccc(Cl)c2)c1. The van der Waals surface area contributed by atoms with Crippen LogP contribution < -0.4 is 15.4 Å². The second-order valence-electron chi connectivity index (χ2n) is 4.40. The van der Waals surface area contributed by atoms with Gasteiger partial charge >= 0.3 is 6.03 Å². The van der Waals surface area contributed by atoms with Crippen LogP contribution in [0.3, 0.4) is 0 Å². The molecule has 0 bridgehead atoms. The summed E-state index contributed by atoms with van der Waals surface area (Å²) in [5.74, 6) is 0.798. The van der Waals surface area contributed by atoms with E-state index in [1.165, 1.54) is 0 Å². The average molecular weight is 305 g/mol. The van der Waals surface area contributed by atoms with Gasteiger partial charge in [0.2, 0.25) is 0 Å². The lowest BCUT2D eigenvalue weighted by atomic mass is 10.2. The smallest absolute Gasteiger partial charge is 0.319 e. The molecule has 2 N–H and O–H groups in total. The Balaban J connectivity index is 1.87. The summed E-state index contributed by atoms with van der Waals surface area (Å²) in [6.07, 6.45) is 0. The standard InChI is InChI=1S/C16H17ClN2O2/c1-2-21-15-8-3-5-12(9-15)11-18-16(20)19-14-7-4-6-13(17)10-14/h3-10H,2,11H2,1H3,(H2,18,19,20). The van der Waals surface area contributed by atoms with Gasteiger partial charge in [-0.3, -0.25) is 0 Å². The van der Waals surface area contributed by atoms with E-state index in [9.17, 15) is 4.79 Å². The Morgan fingerprint density at radius 3 is 2.76 bits per heavy atom. The van der Waals surface area contributed by atoms with Gasteiger partial charge in [-0.2, -0.15) is 0 Å². The van der Waals surface area contributed by atoms with Crippen molar-refractivity contribution in [2.45, 2.75) is 13.5 Å². The van der Waals surface area contributed by atoms with Crippen molar-refractivity contribution < 1.29 is 9.53 Å². The number of carbonyl (C=O) groups excluding carboxylic acids is 1. The average Bonchev–Trinajstić information content (AvgIpc) is 2.46. The Morgan fingerprint density at radius 2 is 2.00 bits per heavy atom. The Kier molecular flexibility index (Phi) is 5.46. The van der Waals surface area contributed by atoms with Crippen LogP contribution in [0.1, 0.15) is 12.5 Å². The second kappa shape index (κ2) is 7.55. The number of hydrogen-bond donors (Lipinski definition) is 2. The first kappa shape index (κ1) is 15.2. The molecule has 0 radical (unpaired) electrons. The second-order valence-corrected chi connectivity index (χ2v) is 4.83. The molecule has 0 aromatic heterocycles. The van der Waals surface area contributed by atoms with Gasteiger partial charge in [0.15, 0.2) is 0 Å². The van der Waals surface area contributed by atoms with Gasteiger partial charge < -0.3 is 15.4 Å². The van der Waals surface area contributed by atoms with Crippen molar-refractivity contribution in [3.8, 4) is 5.75 Å². The molecule has 0 spiro atoms. The van der Waals surface area contributed by atoms with Gasteiger partial charge in [0, 0.05) is 17.3 Å². The number of urea groups is 1. The Morgan fingerprint density at radius 1 is 1.19 bits per heavy atom. The minimum absolute atomic E-state index is 0.279. The highest BCUT2D eigenvalue weighted by Gasteiger charge is 2.03. The van der Waals surface area contributed by atoms with Crippen molar-refractivity contribution in [1.29, 1.82) is 0 Å². The van der Waals surface area contributed by atoms with Gasteiger partial charge in [-0.1, -0.05) is 29.8 Å². The monoisotopic (exact) mass is 304 g/mol. The molecule has 0 heterocycles. The van der Waals surface area contributed by atoms with Crippen LogP contribution >= 0.6 is 11.6 Å². The number of carbonyl (C=O) groups is 1. The largest absolute Gasteiger partial charge is 0.494 e. The van der Waals surface area contributed by atoms with Crippen molar-refractivity contribution in [2.24, 2.45) is 0 Å². The van der Waals surface area contributed by atoms with E-state index in [1.54, 1.807) is 24.3 Å². The number of ether oxygens (including phenoxy) is 1. The maximum absolute atomic E-state index is 11.8. The van der Waals surface area contributed by atoms with Crippen molar-refractivity contribution in [3.63, 3.8) is 0 Å². The fourth-order valence-electron chi connectivity index (χ4n) is 1.84. The third-order valence-electron chi connectivity index (χ3n) is 2.75. The normalized spacial score (nSPS) is 10.0. The molecule has 5 heteroatoms. The molecule has 21 heavy (non-hydrogen) atoms. The van der Waals surface area contributed by atoms with Crippen LogP contribution in [-0.4, -0.2) is 12.6 Å². The van der Waals surface area contributed by atoms with Gasteiger partial charge in [-0.05, 0) is 42.8 Å². The summed E-state index contributed by atoms with van der Waals surface area (Å²) in [5, 5.41) is 6.10.